The quantitative estimate of drug-likeness (QED) is 0.667. The number of halogens is 2. The average molecular weight is 302 g/mol. The van der Waals surface area contributed by atoms with E-state index in [1.807, 2.05) is 0 Å². The molecule has 1 N–H and O–H groups in total. The number of rotatable bonds is 5. The fourth-order valence-electron chi connectivity index (χ4n) is 1.83. The first kappa shape index (κ1) is 17.0. The first-order valence-corrected chi connectivity index (χ1v) is 6.22. The summed E-state index contributed by atoms with van der Waals surface area (Å²) in [6, 6.07) is 1.33. The lowest BCUT2D eigenvalue weighted by Gasteiger charge is -2.28. The second-order valence-electron chi connectivity index (χ2n) is 5.14. The maximum absolute atomic E-state index is 14.0. The van der Waals surface area contributed by atoms with Crippen LogP contribution in [0.25, 0.3) is 0 Å². The highest BCUT2D eigenvalue weighted by molar-refractivity contribution is 5.95. The molecule has 0 aliphatic carbocycles. The molecule has 0 heterocycles. The fraction of sp³-hybridized carbons (Fsp3) is 0.462. The number of carbonyl (C=O) groups excluding carboxylic acids is 1. The number of aliphatic hydroxyl groups is 1. The molecule has 1 rings (SSSR count). The van der Waals surface area contributed by atoms with Gasteiger partial charge in [-0.1, -0.05) is 0 Å². The summed E-state index contributed by atoms with van der Waals surface area (Å²) in [7, 11) is 0. The van der Waals surface area contributed by atoms with Crippen LogP contribution >= 0.6 is 0 Å². The molecule has 116 valence electrons. The standard InChI is InChI=1S/C13H16F2N2O4/c1-4-16(7-13(2,3)19)12(18)10-8(14)5-6-9(11(10)15)17(20)21/h5-6,19H,4,7H2,1-3H3. The summed E-state index contributed by atoms with van der Waals surface area (Å²) in [6.07, 6.45) is 0. The summed E-state index contributed by atoms with van der Waals surface area (Å²) < 4.78 is 27.7. The summed E-state index contributed by atoms with van der Waals surface area (Å²) in [5.74, 6) is -3.74. The van der Waals surface area contributed by atoms with E-state index in [-0.39, 0.29) is 13.1 Å². The number of amides is 1. The van der Waals surface area contributed by atoms with Crippen molar-refractivity contribution >= 4 is 11.6 Å². The average Bonchev–Trinajstić information content (AvgIpc) is 2.34. The Morgan fingerprint density at radius 2 is 2.00 bits per heavy atom. The summed E-state index contributed by atoms with van der Waals surface area (Å²) in [5.41, 5.74) is -3.23. The molecule has 0 aliphatic rings. The van der Waals surface area contributed by atoms with E-state index in [1.165, 1.54) is 13.8 Å². The van der Waals surface area contributed by atoms with Crippen molar-refractivity contribution in [1.29, 1.82) is 0 Å². The van der Waals surface area contributed by atoms with Crippen LogP contribution in [0, 0.1) is 21.7 Å². The van der Waals surface area contributed by atoms with Crippen molar-refractivity contribution in [2.45, 2.75) is 26.4 Å². The van der Waals surface area contributed by atoms with Gasteiger partial charge in [0.05, 0.1) is 10.5 Å². The predicted molar refractivity (Wildman–Crippen MR) is 70.9 cm³/mol. The highest BCUT2D eigenvalue weighted by Gasteiger charge is 2.30. The van der Waals surface area contributed by atoms with Crippen LogP contribution in [-0.2, 0) is 0 Å². The Bertz CT molecular complexity index is 570. The van der Waals surface area contributed by atoms with Gasteiger partial charge in [-0.2, -0.15) is 4.39 Å². The SMILES string of the molecule is CCN(CC(C)(C)O)C(=O)c1c(F)ccc([N+](=O)[O-])c1F. The van der Waals surface area contributed by atoms with E-state index in [9.17, 15) is 28.8 Å². The fourth-order valence-corrected chi connectivity index (χ4v) is 1.83. The molecule has 0 unspecified atom stereocenters. The third-order valence-corrected chi connectivity index (χ3v) is 2.73. The van der Waals surface area contributed by atoms with Gasteiger partial charge in [0.1, 0.15) is 11.4 Å². The number of nitro groups is 1. The van der Waals surface area contributed by atoms with Gasteiger partial charge in [-0.15, -0.1) is 0 Å². The van der Waals surface area contributed by atoms with Gasteiger partial charge in [-0.3, -0.25) is 14.9 Å². The maximum Gasteiger partial charge on any atom is 0.305 e. The normalized spacial score (nSPS) is 11.3. The molecule has 1 amide bonds. The molecule has 0 aliphatic heterocycles. The molecular weight excluding hydrogens is 286 g/mol. The van der Waals surface area contributed by atoms with Crippen LogP contribution in [0.3, 0.4) is 0 Å². The number of benzene rings is 1. The molecule has 8 heteroatoms. The molecule has 21 heavy (non-hydrogen) atoms. The van der Waals surface area contributed by atoms with Crippen LogP contribution in [0.5, 0.6) is 0 Å². The first-order chi connectivity index (χ1) is 9.58. The predicted octanol–water partition coefficient (Wildman–Crippen LogP) is 2.11. The van der Waals surface area contributed by atoms with Crippen LogP contribution in [0.2, 0.25) is 0 Å². The van der Waals surface area contributed by atoms with Crippen molar-refractivity contribution in [1.82, 2.24) is 4.90 Å². The van der Waals surface area contributed by atoms with Gasteiger partial charge >= 0.3 is 5.69 Å². The van der Waals surface area contributed by atoms with Crippen molar-refractivity contribution in [2.75, 3.05) is 13.1 Å². The topological polar surface area (TPSA) is 83.7 Å². The molecule has 0 radical (unpaired) electrons. The highest BCUT2D eigenvalue weighted by atomic mass is 19.1. The number of nitrogens with zero attached hydrogens (tertiary/aromatic N) is 2. The lowest BCUT2D eigenvalue weighted by atomic mass is 10.1. The van der Waals surface area contributed by atoms with E-state index < -0.39 is 39.3 Å². The third kappa shape index (κ3) is 3.94. The highest BCUT2D eigenvalue weighted by Crippen LogP contribution is 2.24. The zero-order valence-corrected chi connectivity index (χ0v) is 11.9. The van der Waals surface area contributed by atoms with Gasteiger partial charge in [0.25, 0.3) is 5.91 Å². The van der Waals surface area contributed by atoms with Crippen LogP contribution in [0.15, 0.2) is 12.1 Å². The third-order valence-electron chi connectivity index (χ3n) is 2.73. The Labute approximate surface area is 120 Å². The van der Waals surface area contributed by atoms with E-state index in [0.717, 1.165) is 4.90 Å². The van der Waals surface area contributed by atoms with Gasteiger partial charge in [0, 0.05) is 19.2 Å². The number of likely N-dealkylation sites (N-methyl/N-ethyl adjacent to an activating group) is 1. The van der Waals surface area contributed by atoms with Crippen molar-refractivity contribution in [3.05, 3.63) is 39.4 Å². The van der Waals surface area contributed by atoms with Crippen LogP contribution < -0.4 is 0 Å². The van der Waals surface area contributed by atoms with Gasteiger partial charge in [-0.05, 0) is 26.8 Å². The zero-order chi connectivity index (χ0) is 16.4. The lowest BCUT2D eigenvalue weighted by Crippen LogP contribution is -2.42. The minimum absolute atomic E-state index is 0.0877. The van der Waals surface area contributed by atoms with Gasteiger partial charge in [-0.25, -0.2) is 4.39 Å². The van der Waals surface area contributed by atoms with Crippen LogP contribution in [0.4, 0.5) is 14.5 Å². The Morgan fingerprint density at radius 1 is 1.43 bits per heavy atom. The van der Waals surface area contributed by atoms with Crippen molar-refractivity contribution in [2.24, 2.45) is 0 Å². The summed E-state index contributed by atoms with van der Waals surface area (Å²) >= 11 is 0. The smallest absolute Gasteiger partial charge is 0.305 e. The monoisotopic (exact) mass is 302 g/mol. The Kier molecular flexibility index (Phi) is 4.95. The van der Waals surface area contributed by atoms with Crippen molar-refractivity contribution in [3.63, 3.8) is 0 Å². The number of carbonyl (C=O) groups is 1. The van der Waals surface area contributed by atoms with E-state index >= 15 is 0 Å². The summed E-state index contributed by atoms with van der Waals surface area (Å²) in [6.45, 7) is 4.36. The molecule has 0 bridgehead atoms. The maximum atomic E-state index is 14.0. The second kappa shape index (κ2) is 6.13. The van der Waals surface area contributed by atoms with E-state index in [0.29, 0.717) is 12.1 Å². The zero-order valence-electron chi connectivity index (χ0n) is 11.9. The molecule has 0 spiro atoms. The van der Waals surface area contributed by atoms with Gasteiger partial charge in [0.15, 0.2) is 0 Å². The van der Waals surface area contributed by atoms with E-state index in [1.54, 1.807) is 6.92 Å². The Hall–Kier alpha value is -2.09. The van der Waals surface area contributed by atoms with Gasteiger partial charge < -0.3 is 10.0 Å². The van der Waals surface area contributed by atoms with Crippen molar-refractivity contribution in [3.8, 4) is 0 Å². The van der Waals surface area contributed by atoms with Crippen molar-refractivity contribution < 1.29 is 23.6 Å². The molecular formula is C13H16F2N2O4. The molecule has 1 aromatic rings. The van der Waals surface area contributed by atoms with Crippen LogP contribution in [-0.4, -0.2) is 39.5 Å². The minimum atomic E-state index is -1.51. The number of nitro benzene ring substituents is 1. The minimum Gasteiger partial charge on any atom is -0.389 e. The molecule has 0 fully saturated rings. The van der Waals surface area contributed by atoms with Gasteiger partial charge in [0.2, 0.25) is 5.82 Å². The largest absolute Gasteiger partial charge is 0.389 e. The molecule has 0 aromatic heterocycles. The van der Waals surface area contributed by atoms with Crippen LogP contribution in [0.1, 0.15) is 31.1 Å². The summed E-state index contributed by atoms with van der Waals surface area (Å²) in [5, 5.41) is 20.4. The van der Waals surface area contributed by atoms with E-state index in [4.69, 9.17) is 0 Å². The second-order valence-corrected chi connectivity index (χ2v) is 5.14. The summed E-state index contributed by atoms with van der Waals surface area (Å²) in [4.78, 5) is 22.8. The molecule has 0 saturated carbocycles. The number of hydrogen-bond donors (Lipinski definition) is 1. The van der Waals surface area contributed by atoms with E-state index in [2.05, 4.69) is 0 Å². The number of hydrogen-bond acceptors (Lipinski definition) is 4. The Morgan fingerprint density at radius 3 is 2.43 bits per heavy atom. The first-order valence-electron chi connectivity index (χ1n) is 6.22. The molecule has 0 saturated heterocycles. The molecule has 1 aromatic carbocycles. The lowest BCUT2D eigenvalue weighted by molar-refractivity contribution is -0.387. The Balaban J connectivity index is 3.28. The molecule has 6 nitrogen and oxygen atoms in total. The molecule has 0 atom stereocenters.